The van der Waals surface area contributed by atoms with E-state index in [9.17, 15) is 4.79 Å². The molecule has 1 heterocycles. The van der Waals surface area contributed by atoms with E-state index in [1.54, 1.807) is 31.5 Å². The molecule has 3 N–H and O–H groups in total. The van der Waals surface area contributed by atoms with Crippen LogP contribution < -0.4 is 16.0 Å². The van der Waals surface area contributed by atoms with Gasteiger partial charge < -0.3 is 16.0 Å². The first-order valence-corrected chi connectivity index (χ1v) is 9.03. The summed E-state index contributed by atoms with van der Waals surface area (Å²) >= 11 is 1.74. The molecule has 8 heteroatoms. The Bertz CT molecular complexity index is 740. The van der Waals surface area contributed by atoms with E-state index in [4.69, 9.17) is 0 Å². The molecule has 0 radical (unpaired) electrons. The van der Waals surface area contributed by atoms with Gasteiger partial charge in [0.25, 0.3) is 5.91 Å². The fourth-order valence-electron chi connectivity index (χ4n) is 2.31. The largest absolute Gasteiger partial charge is 0.356 e. The summed E-state index contributed by atoms with van der Waals surface area (Å²) in [7, 11) is 3.37. The summed E-state index contributed by atoms with van der Waals surface area (Å²) in [5.74, 6) is 0.647. The van der Waals surface area contributed by atoms with Crippen molar-refractivity contribution in [3.63, 3.8) is 0 Å². The molecule has 26 heavy (non-hydrogen) atoms. The summed E-state index contributed by atoms with van der Waals surface area (Å²) in [6.45, 7) is 5.50. The zero-order chi connectivity index (χ0) is 18.2. The van der Waals surface area contributed by atoms with Crippen LogP contribution in [0.25, 0.3) is 0 Å². The topological polar surface area (TPSA) is 78.4 Å². The maximum absolute atomic E-state index is 11.7. The minimum Gasteiger partial charge on any atom is -0.356 e. The number of amides is 1. The molecule has 1 amide bonds. The van der Waals surface area contributed by atoms with Crippen molar-refractivity contribution in [2.24, 2.45) is 4.99 Å². The molecule has 6 nitrogen and oxygen atoms in total. The lowest BCUT2D eigenvalue weighted by atomic mass is 10.1. The highest BCUT2D eigenvalue weighted by molar-refractivity contribution is 14.0. The summed E-state index contributed by atoms with van der Waals surface area (Å²) in [4.78, 5) is 21.7. The number of halogens is 1. The number of carbonyl (C=O) groups is 1. The SMILES string of the molecule is CN=C(NCCc1nc(C)c(C)s1)NCc1cccc(C(=O)NC)c1.I. The number of carbonyl (C=O) groups excluding carboxylic acids is 1. The number of benzene rings is 1. The van der Waals surface area contributed by atoms with Gasteiger partial charge in [0.2, 0.25) is 0 Å². The molecule has 0 aliphatic heterocycles. The summed E-state index contributed by atoms with van der Waals surface area (Å²) < 4.78 is 0. The number of guanidine groups is 1. The van der Waals surface area contributed by atoms with Crippen LogP contribution in [0, 0.1) is 13.8 Å². The van der Waals surface area contributed by atoms with Gasteiger partial charge in [-0.05, 0) is 31.5 Å². The van der Waals surface area contributed by atoms with E-state index >= 15 is 0 Å². The summed E-state index contributed by atoms with van der Waals surface area (Å²) in [6, 6.07) is 7.53. The normalized spacial score (nSPS) is 10.8. The van der Waals surface area contributed by atoms with E-state index in [-0.39, 0.29) is 29.9 Å². The predicted molar refractivity (Wildman–Crippen MR) is 119 cm³/mol. The summed E-state index contributed by atoms with van der Waals surface area (Å²) in [6.07, 6.45) is 0.867. The van der Waals surface area contributed by atoms with Crippen molar-refractivity contribution in [1.29, 1.82) is 0 Å². The van der Waals surface area contributed by atoms with E-state index in [2.05, 4.69) is 32.9 Å². The van der Waals surface area contributed by atoms with E-state index in [0.29, 0.717) is 12.1 Å². The third-order valence-corrected chi connectivity index (χ3v) is 4.94. The van der Waals surface area contributed by atoms with Gasteiger partial charge in [0, 0.05) is 44.0 Å². The van der Waals surface area contributed by atoms with E-state index in [0.717, 1.165) is 35.2 Å². The van der Waals surface area contributed by atoms with Crippen LogP contribution in [0.2, 0.25) is 0 Å². The highest BCUT2D eigenvalue weighted by atomic mass is 127. The molecule has 0 aliphatic rings. The van der Waals surface area contributed by atoms with E-state index in [1.807, 2.05) is 25.1 Å². The van der Waals surface area contributed by atoms with Crippen LogP contribution >= 0.6 is 35.3 Å². The highest BCUT2D eigenvalue weighted by Gasteiger charge is 2.06. The molecule has 0 aliphatic carbocycles. The monoisotopic (exact) mass is 487 g/mol. The average Bonchev–Trinajstić information content (AvgIpc) is 2.95. The number of thiazole rings is 1. The van der Waals surface area contributed by atoms with E-state index < -0.39 is 0 Å². The minimum atomic E-state index is -0.0848. The first-order chi connectivity index (χ1) is 12.0. The molecule has 1 aromatic heterocycles. The second kappa shape index (κ2) is 11.1. The molecule has 2 rings (SSSR count). The van der Waals surface area contributed by atoms with Crippen molar-refractivity contribution < 1.29 is 4.79 Å². The number of aliphatic imine (C=N–C) groups is 1. The number of aromatic nitrogens is 1. The molecule has 1 aromatic carbocycles. The van der Waals surface area contributed by atoms with Crippen LogP contribution in [-0.2, 0) is 13.0 Å². The maximum atomic E-state index is 11.7. The van der Waals surface area contributed by atoms with Gasteiger partial charge >= 0.3 is 0 Å². The van der Waals surface area contributed by atoms with Gasteiger partial charge in [-0.1, -0.05) is 12.1 Å². The van der Waals surface area contributed by atoms with Gasteiger partial charge in [0.1, 0.15) is 0 Å². The number of hydrogen-bond donors (Lipinski definition) is 3. The Hall–Kier alpha value is -1.68. The molecule has 0 fully saturated rings. The molecule has 0 saturated carbocycles. The van der Waals surface area contributed by atoms with Crippen molar-refractivity contribution in [1.82, 2.24) is 20.9 Å². The van der Waals surface area contributed by atoms with Crippen LogP contribution in [0.1, 0.15) is 31.5 Å². The van der Waals surface area contributed by atoms with Crippen molar-refractivity contribution in [3.8, 4) is 0 Å². The molecule has 0 bridgehead atoms. The average molecular weight is 487 g/mol. The lowest BCUT2D eigenvalue weighted by Gasteiger charge is -2.12. The van der Waals surface area contributed by atoms with Gasteiger partial charge in [0.15, 0.2) is 5.96 Å². The van der Waals surface area contributed by atoms with Crippen molar-refractivity contribution in [2.75, 3.05) is 20.6 Å². The Balaban J connectivity index is 0.00000338. The number of nitrogens with one attached hydrogen (secondary N) is 3. The quantitative estimate of drug-likeness (QED) is 0.333. The molecular weight excluding hydrogens is 461 g/mol. The van der Waals surface area contributed by atoms with E-state index in [1.165, 1.54) is 4.88 Å². The van der Waals surface area contributed by atoms with Crippen molar-refractivity contribution in [2.45, 2.75) is 26.8 Å². The van der Waals surface area contributed by atoms with Gasteiger partial charge in [-0.15, -0.1) is 35.3 Å². The van der Waals surface area contributed by atoms with Gasteiger partial charge in [-0.25, -0.2) is 4.98 Å². The predicted octanol–water partition coefficient (Wildman–Crippen LogP) is 2.65. The van der Waals surface area contributed by atoms with Crippen LogP contribution in [0.5, 0.6) is 0 Å². The second-order valence-electron chi connectivity index (χ2n) is 5.63. The standard InChI is InChI=1S/C18H25N5OS.HI/c1-12-13(2)25-16(23-12)8-9-21-18(20-4)22-11-14-6-5-7-15(10-14)17(24)19-3;/h5-7,10H,8-9,11H2,1-4H3,(H,19,24)(H2,20,21,22);1H. The lowest BCUT2D eigenvalue weighted by Crippen LogP contribution is -2.37. The van der Waals surface area contributed by atoms with Crippen LogP contribution in [0.4, 0.5) is 0 Å². The zero-order valence-electron chi connectivity index (χ0n) is 15.5. The van der Waals surface area contributed by atoms with Gasteiger partial charge in [-0.2, -0.15) is 0 Å². The third-order valence-electron chi connectivity index (χ3n) is 3.80. The minimum absolute atomic E-state index is 0. The third kappa shape index (κ3) is 6.56. The van der Waals surface area contributed by atoms with Gasteiger partial charge in [0.05, 0.1) is 10.7 Å². The maximum Gasteiger partial charge on any atom is 0.251 e. The highest BCUT2D eigenvalue weighted by Crippen LogP contribution is 2.16. The Morgan fingerprint density at radius 1 is 1.27 bits per heavy atom. The molecule has 0 unspecified atom stereocenters. The van der Waals surface area contributed by atoms with Crippen LogP contribution in [-0.4, -0.2) is 37.5 Å². The number of hydrogen-bond acceptors (Lipinski definition) is 4. The van der Waals surface area contributed by atoms with Crippen molar-refractivity contribution in [3.05, 3.63) is 51.0 Å². The fourth-order valence-corrected chi connectivity index (χ4v) is 3.24. The second-order valence-corrected chi connectivity index (χ2v) is 6.92. The Labute approximate surface area is 175 Å². The van der Waals surface area contributed by atoms with Crippen LogP contribution in [0.15, 0.2) is 29.3 Å². The smallest absolute Gasteiger partial charge is 0.251 e. The number of nitrogens with zero attached hydrogens (tertiary/aromatic N) is 2. The Morgan fingerprint density at radius 3 is 2.65 bits per heavy atom. The number of rotatable bonds is 6. The zero-order valence-corrected chi connectivity index (χ0v) is 18.7. The van der Waals surface area contributed by atoms with Crippen molar-refractivity contribution >= 4 is 47.2 Å². The Kier molecular flexibility index (Phi) is 9.57. The molecule has 0 saturated heterocycles. The first kappa shape index (κ1) is 22.4. The van der Waals surface area contributed by atoms with Crippen LogP contribution in [0.3, 0.4) is 0 Å². The summed E-state index contributed by atoms with van der Waals surface area (Å²) in [5.41, 5.74) is 2.79. The lowest BCUT2D eigenvalue weighted by molar-refractivity contribution is 0.0963. The first-order valence-electron chi connectivity index (χ1n) is 8.22. The molecular formula is C18H26IN5OS. The molecule has 142 valence electrons. The molecule has 2 aromatic rings. The molecule has 0 spiro atoms. The number of aryl methyl sites for hydroxylation is 2. The van der Waals surface area contributed by atoms with Gasteiger partial charge in [-0.3, -0.25) is 9.79 Å². The molecule has 0 atom stereocenters. The fraction of sp³-hybridized carbons (Fsp3) is 0.389. The summed E-state index contributed by atoms with van der Waals surface area (Å²) in [5, 5.41) is 10.3. The Morgan fingerprint density at radius 2 is 2.04 bits per heavy atom.